The topological polar surface area (TPSA) is 8.17 Å². The van der Waals surface area contributed by atoms with E-state index in [1.807, 2.05) is 0 Å². The molecule has 0 bridgehead atoms. The Hall–Kier alpha value is -7.16. The summed E-state index contributed by atoms with van der Waals surface area (Å²) in [5.74, 6) is 0. The van der Waals surface area contributed by atoms with Crippen molar-refractivity contribution in [3.63, 3.8) is 0 Å². The predicted octanol–water partition coefficient (Wildman–Crippen LogP) is 15.0. The molecule has 0 unspecified atom stereocenters. The van der Waals surface area contributed by atoms with E-state index in [0.29, 0.717) is 0 Å². The second kappa shape index (κ2) is 13.0. The van der Waals surface area contributed by atoms with Crippen LogP contribution in [0.25, 0.3) is 71.6 Å². The summed E-state index contributed by atoms with van der Waals surface area (Å²) in [6.07, 6.45) is 0. The Morgan fingerprint density at radius 2 is 0.895 bits per heavy atom. The molecule has 0 N–H and O–H groups in total. The number of fused-ring (bicyclic) bond motifs is 8. The number of para-hydroxylation sites is 1. The fourth-order valence-corrected chi connectivity index (χ4v) is 9.39. The van der Waals surface area contributed by atoms with E-state index in [9.17, 15) is 0 Å². The molecule has 0 radical (unpaired) electrons. The molecule has 10 aromatic rings. The molecule has 0 amide bonds. The number of benzene rings is 9. The van der Waals surface area contributed by atoms with E-state index in [4.69, 9.17) is 0 Å². The van der Waals surface area contributed by atoms with Crippen LogP contribution in [0.2, 0.25) is 0 Å². The standard InChI is InChI=1S/C55H40N2/c1-55(2)49-25-15-14-22-44(49)47-35-51-48(34-50(47)55)54-46-24-13-12-23-45(46)52(36-53(54)57(51)41-20-10-5-11-21-41)56(42-30-26-39(27-31-42)37-16-6-3-7-17-37)43-32-28-40(29-33-43)38-18-8-4-9-19-38/h3-36H,1-2H3. The van der Waals surface area contributed by atoms with Crippen LogP contribution < -0.4 is 4.90 Å². The van der Waals surface area contributed by atoms with Crippen molar-refractivity contribution >= 4 is 49.6 Å². The first-order chi connectivity index (χ1) is 28.0. The minimum atomic E-state index is -0.106. The van der Waals surface area contributed by atoms with E-state index in [-0.39, 0.29) is 5.41 Å². The molecule has 11 rings (SSSR count). The zero-order chi connectivity index (χ0) is 38.1. The molecule has 1 aliphatic carbocycles. The normalized spacial score (nSPS) is 12.9. The van der Waals surface area contributed by atoms with E-state index in [1.54, 1.807) is 0 Å². The van der Waals surface area contributed by atoms with Gasteiger partial charge in [0, 0.05) is 38.6 Å². The number of aromatic nitrogens is 1. The van der Waals surface area contributed by atoms with Gasteiger partial charge < -0.3 is 9.47 Å². The average molecular weight is 729 g/mol. The quantitative estimate of drug-likeness (QED) is 0.165. The minimum Gasteiger partial charge on any atom is -0.310 e. The van der Waals surface area contributed by atoms with Crippen molar-refractivity contribution in [3.8, 4) is 39.1 Å². The van der Waals surface area contributed by atoms with Crippen molar-refractivity contribution < 1.29 is 0 Å². The summed E-state index contributed by atoms with van der Waals surface area (Å²) in [6.45, 7) is 4.75. The molecule has 0 saturated carbocycles. The monoisotopic (exact) mass is 728 g/mol. The number of rotatable bonds is 6. The lowest BCUT2D eigenvalue weighted by molar-refractivity contribution is 0.661. The second-order valence-electron chi connectivity index (χ2n) is 15.8. The molecule has 270 valence electrons. The Morgan fingerprint density at radius 1 is 0.386 bits per heavy atom. The highest BCUT2D eigenvalue weighted by molar-refractivity contribution is 6.25. The van der Waals surface area contributed by atoms with Crippen molar-refractivity contribution in [2.24, 2.45) is 0 Å². The summed E-state index contributed by atoms with van der Waals surface area (Å²) in [5, 5.41) is 5.01. The van der Waals surface area contributed by atoms with Gasteiger partial charge >= 0.3 is 0 Å². The highest BCUT2D eigenvalue weighted by Crippen LogP contribution is 2.52. The molecule has 0 aliphatic heterocycles. The van der Waals surface area contributed by atoms with Crippen LogP contribution in [-0.4, -0.2) is 4.57 Å². The molecule has 2 heteroatoms. The van der Waals surface area contributed by atoms with E-state index in [2.05, 4.69) is 230 Å². The number of nitrogens with zero attached hydrogens (tertiary/aromatic N) is 2. The number of anilines is 3. The molecule has 0 fully saturated rings. The number of hydrogen-bond donors (Lipinski definition) is 0. The van der Waals surface area contributed by atoms with Crippen LogP contribution in [0.3, 0.4) is 0 Å². The Kier molecular flexibility index (Phi) is 7.55. The van der Waals surface area contributed by atoms with Gasteiger partial charge in [-0.05, 0) is 104 Å². The molecule has 1 aromatic heterocycles. The fourth-order valence-electron chi connectivity index (χ4n) is 9.39. The Labute approximate surface area is 333 Å². The molecule has 57 heavy (non-hydrogen) atoms. The second-order valence-corrected chi connectivity index (χ2v) is 15.8. The molecule has 1 heterocycles. The first kappa shape index (κ1) is 33.2. The van der Waals surface area contributed by atoms with Crippen LogP contribution in [0.15, 0.2) is 206 Å². The fraction of sp³-hybridized carbons (Fsp3) is 0.0545. The maximum Gasteiger partial charge on any atom is 0.0568 e. The third-order valence-corrected chi connectivity index (χ3v) is 12.2. The van der Waals surface area contributed by atoms with Gasteiger partial charge in [-0.1, -0.05) is 166 Å². The molecule has 0 saturated heterocycles. The summed E-state index contributed by atoms with van der Waals surface area (Å²) < 4.78 is 2.49. The van der Waals surface area contributed by atoms with Crippen LogP contribution in [0, 0.1) is 0 Å². The zero-order valence-corrected chi connectivity index (χ0v) is 32.0. The average Bonchev–Trinajstić information content (AvgIpc) is 3.72. The zero-order valence-electron chi connectivity index (χ0n) is 32.0. The van der Waals surface area contributed by atoms with Gasteiger partial charge in [-0.15, -0.1) is 0 Å². The molecule has 2 nitrogen and oxygen atoms in total. The van der Waals surface area contributed by atoms with Crippen LogP contribution in [0.4, 0.5) is 17.1 Å². The van der Waals surface area contributed by atoms with Gasteiger partial charge in [0.25, 0.3) is 0 Å². The summed E-state index contributed by atoms with van der Waals surface area (Å²) >= 11 is 0. The first-order valence-electron chi connectivity index (χ1n) is 19.9. The molecular weight excluding hydrogens is 689 g/mol. The van der Waals surface area contributed by atoms with Crippen LogP contribution in [0.1, 0.15) is 25.0 Å². The lowest BCUT2D eigenvalue weighted by Gasteiger charge is -2.28. The van der Waals surface area contributed by atoms with Gasteiger partial charge in [0.15, 0.2) is 0 Å². The van der Waals surface area contributed by atoms with Crippen LogP contribution >= 0.6 is 0 Å². The van der Waals surface area contributed by atoms with Gasteiger partial charge in [0.1, 0.15) is 0 Å². The third-order valence-electron chi connectivity index (χ3n) is 12.2. The summed E-state index contributed by atoms with van der Waals surface area (Å²) in [6, 6.07) is 75.5. The SMILES string of the molecule is CC1(C)c2ccccc2-c2cc3c(cc21)c1c2ccccc2c(N(c2ccc(-c4ccccc4)cc2)c2ccc(-c4ccccc4)cc2)cc1n3-c1ccccc1. The number of hydrogen-bond acceptors (Lipinski definition) is 1. The molecule has 0 atom stereocenters. The Balaban J connectivity index is 1.20. The lowest BCUT2D eigenvalue weighted by atomic mass is 9.82. The largest absolute Gasteiger partial charge is 0.310 e. The minimum absolute atomic E-state index is 0.106. The maximum absolute atomic E-state index is 2.50. The van der Waals surface area contributed by atoms with E-state index < -0.39 is 0 Å². The maximum atomic E-state index is 2.50. The highest BCUT2D eigenvalue weighted by atomic mass is 15.1. The van der Waals surface area contributed by atoms with Gasteiger partial charge in [-0.25, -0.2) is 0 Å². The Morgan fingerprint density at radius 3 is 1.51 bits per heavy atom. The van der Waals surface area contributed by atoms with Crippen molar-refractivity contribution in [1.82, 2.24) is 4.57 Å². The molecule has 1 aliphatic rings. The lowest BCUT2D eigenvalue weighted by Crippen LogP contribution is -2.14. The molecular formula is C55H40N2. The predicted molar refractivity (Wildman–Crippen MR) is 241 cm³/mol. The summed E-state index contributed by atoms with van der Waals surface area (Å²) in [7, 11) is 0. The van der Waals surface area contributed by atoms with E-state index >= 15 is 0 Å². The summed E-state index contributed by atoms with van der Waals surface area (Å²) in [4.78, 5) is 2.44. The van der Waals surface area contributed by atoms with Gasteiger partial charge in [-0.3, -0.25) is 0 Å². The van der Waals surface area contributed by atoms with E-state index in [1.165, 1.54) is 77.1 Å². The first-order valence-corrected chi connectivity index (χ1v) is 19.9. The van der Waals surface area contributed by atoms with Crippen LogP contribution in [0.5, 0.6) is 0 Å². The Bertz CT molecular complexity index is 3020. The van der Waals surface area contributed by atoms with Crippen LogP contribution in [-0.2, 0) is 5.41 Å². The van der Waals surface area contributed by atoms with Gasteiger partial charge in [-0.2, -0.15) is 0 Å². The van der Waals surface area contributed by atoms with Gasteiger partial charge in [0.2, 0.25) is 0 Å². The smallest absolute Gasteiger partial charge is 0.0568 e. The van der Waals surface area contributed by atoms with Gasteiger partial charge in [0.05, 0.1) is 16.7 Å². The molecule has 9 aromatic carbocycles. The highest BCUT2D eigenvalue weighted by Gasteiger charge is 2.36. The summed E-state index contributed by atoms with van der Waals surface area (Å²) in [5.41, 5.74) is 17.0. The van der Waals surface area contributed by atoms with Crippen molar-refractivity contribution in [2.75, 3.05) is 4.90 Å². The van der Waals surface area contributed by atoms with E-state index in [0.717, 1.165) is 22.7 Å². The molecule has 0 spiro atoms. The van der Waals surface area contributed by atoms with Crippen molar-refractivity contribution in [2.45, 2.75) is 19.3 Å². The third kappa shape index (κ3) is 5.25. The van der Waals surface area contributed by atoms with Crippen molar-refractivity contribution in [1.29, 1.82) is 0 Å². The van der Waals surface area contributed by atoms with Crippen molar-refractivity contribution in [3.05, 3.63) is 217 Å².